The molecule has 3 rings (SSSR count). The maximum absolute atomic E-state index is 12.2. The van der Waals surface area contributed by atoms with Gasteiger partial charge in [0.05, 0.1) is 18.0 Å². The van der Waals surface area contributed by atoms with Gasteiger partial charge in [0.15, 0.2) is 0 Å². The van der Waals surface area contributed by atoms with Gasteiger partial charge in [0.1, 0.15) is 0 Å². The van der Waals surface area contributed by atoms with Crippen molar-refractivity contribution in [1.29, 1.82) is 0 Å². The molecule has 25 heavy (non-hydrogen) atoms. The van der Waals surface area contributed by atoms with Crippen molar-refractivity contribution in [3.8, 4) is 0 Å². The molecule has 0 aliphatic heterocycles. The van der Waals surface area contributed by atoms with Gasteiger partial charge in [0, 0.05) is 23.0 Å². The van der Waals surface area contributed by atoms with Crippen LogP contribution in [-0.4, -0.2) is 28.7 Å². The highest BCUT2D eigenvalue weighted by Gasteiger charge is 2.36. The molecule has 1 amide bonds. The van der Waals surface area contributed by atoms with E-state index in [1.165, 1.54) is 18.0 Å². The van der Waals surface area contributed by atoms with Crippen molar-refractivity contribution in [1.82, 2.24) is 15.5 Å². The average molecular weight is 381 g/mol. The standard InChI is InChI=1S/C18H21ClN4O.ClH/c19-15-3-1-2-14(10-15)18(12-20)7-4-16(5-8-18)23-17(24)13-6-9-21-22-11-13;/h1-3,6,9-11,16H,4-5,7-8,12,20H2,(H,23,24);1H/t16-,18-;. The van der Waals surface area contributed by atoms with Crippen molar-refractivity contribution in [3.05, 3.63) is 58.9 Å². The topological polar surface area (TPSA) is 80.9 Å². The van der Waals surface area contributed by atoms with Crippen LogP contribution in [0.2, 0.25) is 5.02 Å². The van der Waals surface area contributed by atoms with Crippen molar-refractivity contribution in [2.24, 2.45) is 5.73 Å². The van der Waals surface area contributed by atoms with Gasteiger partial charge in [-0.1, -0.05) is 23.7 Å². The van der Waals surface area contributed by atoms with Crippen LogP contribution in [0.25, 0.3) is 0 Å². The number of nitrogens with two attached hydrogens (primary N) is 1. The predicted octanol–water partition coefficient (Wildman–Crippen LogP) is 3.12. The highest BCUT2D eigenvalue weighted by molar-refractivity contribution is 6.30. The average Bonchev–Trinajstić information content (AvgIpc) is 2.63. The lowest BCUT2D eigenvalue weighted by Gasteiger charge is -2.40. The second-order valence-electron chi connectivity index (χ2n) is 6.37. The zero-order valence-electron chi connectivity index (χ0n) is 13.8. The third-order valence-electron chi connectivity index (χ3n) is 4.95. The number of carbonyl (C=O) groups is 1. The first-order chi connectivity index (χ1) is 11.6. The normalized spacial score (nSPS) is 22.7. The first kappa shape index (κ1) is 19.6. The van der Waals surface area contributed by atoms with Gasteiger partial charge < -0.3 is 11.1 Å². The van der Waals surface area contributed by atoms with Gasteiger partial charge in [-0.3, -0.25) is 4.79 Å². The van der Waals surface area contributed by atoms with Crippen molar-refractivity contribution in [2.45, 2.75) is 37.1 Å². The van der Waals surface area contributed by atoms with Gasteiger partial charge in [0.2, 0.25) is 0 Å². The fourth-order valence-electron chi connectivity index (χ4n) is 3.44. The van der Waals surface area contributed by atoms with E-state index in [9.17, 15) is 4.79 Å². The van der Waals surface area contributed by atoms with Crippen molar-refractivity contribution >= 4 is 29.9 Å². The summed E-state index contributed by atoms with van der Waals surface area (Å²) in [5.74, 6) is -0.0992. The molecule has 1 aromatic heterocycles. The molecule has 0 atom stereocenters. The van der Waals surface area contributed by atoms with Gasteiger partial charge in [0.25, 0.3) is 5.91 Å². The predicted molar refractivity (Wildman–Crippen MR) is 101 cm³/mol. The Morgan fingerprint density at radius 3 is 2.64 bits per heavy atom. The lowest BCUT2D eigenvalue weighted by Crippen LogP contribution is -2.45. The number of aromatic nitrogens is 2. The largest absolute Gasteiger partial charge is 0.349 e. The number of nitrogens with one attached hydrogen (secondary N) is 1. The summed E-state index contributed by atoms with van der Waals surface area (Å²) in [6.45, 7) is 0.586. The molecule has 0 unspecified atom stereocenters. The van der Waals surface area contributed by atoms with E-state index in [1.54, 1.807) is 6.07 Å². The minimum atomic E-state index is -0.0992. The summed E-state index contributed by atoms with van der Waals surface area (Å²) < 4.78 is 0. The number of hydrogen-bond donors (Lipinski definition) is 2. The summed E-state index contributed by atoms with van der Waals surface area (Å²) in [4.78, 5) is 12.2. The number of rotatable bonds is 4. The molecule has 1 saturated carbocycles. The number of carbonyl (C=O) groups excluding carboxylic acids is 1. The molecule has 0 saturated heterocycles. The Kier molecular flexibility index (Phi) is 6.76. The minimum Gasteiger partial charge on any atom is -0.349 e. The first-order valence-corrected chi connectivity index (χ1v) is 8.54. The zero-order valence-corrected chi connectivity index (χ0v) is 15.4. The lowest BCUT2D eigenvalue weighted by atomic mass is 9.68. The van der Waals surface area contributed by atoms with E-state index >= 15 is 0 Å². The van der Waals surface area contributed by atoms with Gasteiger partial charge in [-0.2, -0.15) is 10.2 Å². The SMILES string of the molecule is Cl.NC[C@]1(c2cccc(Cl)c2)CC[C@H](NC(=O)c2ccnnc2)CC1. The number of hydrogen-bond acceptors (Lipinski definition) is 4. The number of nitrogens with zero attached hydrogens (tertiary/aromatic N) is 2. The van der Waals surface area contributed by atoms with E-state index in [0.717, 1.165) is 30.7 Å². The quantitative estimate of drug-likeness (QED) is 0.853. The Hall–Kier alpha value is -1.69. The Labute approximate surface area is 158 Å². The number of benzene rings is 1. The maximum Gasteiger partial charge on any atom is 0.253 e. The van der Waals surface area contributed by atoms with E-state index in [1.807, 2.05) is 18.2 Å². The minimum absolute atomic E-state index is 0. The van der Waals surface area contributed by atoms with Crippen LogP contribution in [0.3, 0.4) is 0 Å². The van der Waals surface area contributed by atoms with E-state index in [2.05, 4.69) is 21.6 Å². The highest BCUT2D eigenvalue weighted by Crippen LogP contribution is 2.39. The fourth-order valence-corrected chi connectivity index (χ4v) is 3.63. The Bertz CT molecular complexity index is 703. The van der Waals surface area contributed by atoms with Crippen LogP contribution in [-0.2, 0) is 5.41 Å². The van der Waals surface area contributed by atoms with E-state index in [-0.39, 0.29) is 29.8 Å². The molecule has 0 bridgehead atoms. The Morgan fingerprint density at radius 2 is 2.04 bits per heavy atom. The molecule has 1 aromatic carbocycles. The maximum atomic E-state index is 12.2. The molecule has 0 radical (unpaired) electrons. The van der Waals surface area contributed by atoms with Crippen LogP contribution in [0.1, 0.15) is 41.6 Å². The van der Waals surface area contributed by atoms with Crippen LogP contribution in [0.5, 0.6) is 0 Å². The van der Waals surface area contributed by atoms with Gasteiger partial charge in [-0.25, -0.2) is 0 Å². The summed E-state index contributed by atoms with van der Waals surface area (Å²) in [7, 11) is 0. The van der Waals surface area contributed by atoms with Crippen LogP contribution in [0.4, 0.5) is 0 Å². The van der Waals surface area contributed by atoms with Crippen LogP contribution < -0.4 is 11.1 Å². The number of amides is 1. The van der Waals surface area contributed by atoms with E-state index in [4.69, 9.17) is 17.3 Å². The molecule has 3 N–H and O–H groups in total. The molecular formula is C18H22Cl2N4O. The van der Waals surface area contributed by atoms with E-state index < -0.39 is 0 Å². The lowest BCUT2D eigenvalue weighted by molar-refractivity contribution is 0.0917. The summed E-state index contributed by atoms with van der Waals surface area (Å²) in [5, 5.41) is 11.3. The second-order valence-corrected chi connectivity index (χ2v) is 6.81. The second kappa shape index (κ2) is 8.61. The molecule has 1 aliphatic carbocycles. The molecule has 134 valence electrons. The molecule has 0 spiro atoms. The molecule has 1 heterocycles. The smallest absolute Gasteiger partial charge is 0.253 e. The van der Waals surface area contributed by atoms with Gasteiger partial charge in [-0.05, 0) is 49.4 Å². The van der Waals surface area contributed by atoms with Crippen LogP contribution in [0.15, 0.2) is 42.7 Å². The van der Waals surface area contributed by atoms with Crippen LogP contribution in [0, 0.1) is 0 Å². The van der Waals surface area contributed by atoms with Gasteiger partial charge in [-0.15, -0.1) is 12.4 Å². The molecule has 1 fully saturated rings. The Morgan fingerprint density at radius 1 is 1.28 bits per heavy atom. The van der Waals surface area contributed by atoms with Crippen molar-refractivity contribution < 1.29 is 4.79 Å². The Balaban J connectivity index is 0.00000225. The van der Waals surface area contributed by atoms with Crippen molar-refractivity contribution in [3.63, 3.8) is 0 Å². The van der Waals surface area contributed by atoms with E-state index in [0.29, 0.717) is 12.1 Å². The molecule has 5 nitrogen and oxygen atoms in total. The molecule has 7 heteroatoms. The highest BCUT2D eigenvalue weighted by atomic mass is 35.5. The third kappa shape index (κ3) is 4.48. The zero-order chi connectivity index (χ0) is 17.0. The first-order valence-electron chi connectivity index (χ1n) is 8.17. The molecular weight excluding hydrogens is 359 g/mol. The molecule has 2 aromatic rings. The summed E-state index contributed by atoms with van der Waals surface area (Å²) in [6.07, 6.45) is 6.66. The summed E-state index contributed by atoms with van der Waals surface area (Å²) in [6, 6.07) is 9.78. The van der Waals surface area contributed by atoms with Gasteiger partial charge >= 0.3 is 0 Å². The summed E-state index contributed by atoms with van der Waals surface area (Å²) in [5.41, 5.74) is 7.79. The third-order valence-corrected chi connectivity index (χ3v) is 5.19. The van der Waals surface area contributed by atoms with Crippen molar-refractivity contribution in [2.75, 3.05) is 6.54 Å². The number of halogens is 2. The van der Waals surface area contributed by atoms with Crippen LogP contribution >= 0.6 is 24.0 Å². The monoisotopic (exact) mass is 380 g/mol. The molecule has 1 aliphatic rings. The summed E-state index contributed by atoms with van der Waals surface area (Å²) >= 11 is 6.14. The fraction of sp³-hybridized carbons (Fsp3) is 0.389.